The van der Waals surface area contributed by atoms with Crippen LogP contribution in [0.25, 0.3) is 22.3 Å². The first-order valence-electron chi connectivity index (χ1n) is 10.3. The van der Waals surface area contributed by atoms with Gasteiger partial charge in [-0.25, -0.2) is 8.98 Å². The van der Waals surface area contributed by atoms with E-state index in [1.165, 1.54) is 6.07 Å². The van der Waals surface area contributed by atoms with E-state index in [0.29, 0.717) is 6.07 Å². The molecule has 0 bridgehead atoms. The van der Waals surface area contributed by atoms with E-state index < -0.39 is 92.2 Å². The number of aliphatic hydroxyl groups excluding tert-OH is 2. The zero-order valence-corrected chi connectivity index (χ0v) is 19.3. The molecule has 8 N–H and O–H groups in total. The van der Waals surface area contributed by atoms with Crippen LogP contribution in [0, 0.1) is 0 Å². The van der Waals surface area contributed by atoms with Gasteiger partial charge in [0.15, 0.2) is 34.4 Å². The smallest absolute Gasteiger partial charge is 0.397 e. The topological polar surface area (TPSA) is 271 Å². The van der Waals surface area contributed by atoms with E-state index in [0.717, 1.165) is 18.2 Å². The van der Waals surface area contributed by atoms with Gasteiger partial charge in [0.2, 0.25) is 12.0 Å². The zero-order valence-electron chi connectivity index (χ0n) is 18.5. The van der Waals surface area contributed by atoms with Crippen LogP contribution in [0.5, 0.6) is 28.7 Å². The summed E-state index contributed by atoms with van der Waals surface area (Å²) in [6.45, 7) is 0. The van der Waals surface area contributed by atoms with Crippen molar-refractivity contribution in [3.8, 4) is 40.1 Å². The minimum absolute atomic E-state index is 0.0395. The normalized spacial score (nSPS) is 23.8. The summed E-state index contributed by atoms with van der Waals surface area (Å²) >= 11 is 0. The molecular weight excluding hydrogens is 540 g/mol. The molecule has 3 aromatic rings. The Kier molecular flexibility index (Phi) is 6.82. The van der Waals surface area contributed by atoms with E-state index in [4.69, 9.17) is 18.4 Å². The molecule has 4 rings (SSSR count). The van der Waals surface area contributed by atoms with Gasteiger partial charge >= 0.3 is 16.4 Å². The van der Waals surface area contributed by atoms with Crippen molar-refractivity contribution >= 4 is 27.3 Å². The Morgan fingerprint density at radius 2 is 1.61 bits per heavy atom. The SMILES string of the molecule is O=C(O)[C@H]1O[C@@H](Oc2c(O)cc(O)c3c(=O)cc(-c4ccc(O)c(O)c4)oc23)[C@H](O)[C@@H](OS(=O)(=O)O)[C@@H]1O. The van der Waals surface area contributed by atoms with Crippen LogP contribution >= 0.6 is 0 Å². The fourth-order valence-corrected chi connectivity index (χ4v) is 4.23. The highest BCUT2D eigenvalue weighted by atomic mass is 32.3. The molecule has 0 amide bonds. The van der Waals surface area contributed by atoms with Crippen LogP contribution in [0.2, 0.25) is 0 Å². The third-order valence-corrected chi connectivity index (χ3v) is 5.89. The average molecular weight is 558 g/mol. The highest BCUT2D eigenvalue weighted by molar-refractivity contribution is 7.80. The first-order valence-corrected chi connectivity index (χ1v) is 11.7. The van der Waals surface area contributed by atoms with Gasteiger partial charge in [-0.3, -0.25) is 9.35 Å². The molecule has 0 spiro atoms. The van der Waals surface area contributed by atoms with Crippen LogP contribution in [-0.4, -0.2) is 85.4 Å². The summed E-state index contributed by atoms with van der Waals surface area (Å²) in [7, 11) is -5.34. The van der Waals surface area contributed by atoms with Crippen LogP contribution in [0.15, 0.2) is 39.5 Å². The Morgan fingerprint density at radius 3 is 2.21 bits per heavy atom. The van der Waals surface area contributed by atoms with Gasteiger partial charge in [0, 0.05) is 17.7 Å². The van der Waals surface area contributed by atoms with Gasteiger partial charge in [-0.15, -0.1) is 0 Å². The number of ether oxygens (including phenoxy) is 2. The minimum atomic E-state index is -5.34. The maximum Gasteiger partial charge on any atom is 0.397 e. The van der Waals surface area contributed by atoms with Crippen molar-refractivity contribution in [2.24, 2.45) is 0 Å². The molecule has 1 fully saturated rings. The molecule has 1 aliphatic rings. The summed E-state index contributed by atoms with van der Waals surface area (Å²) in [5.41, 5.74) is -1.52. The molecule has 17 heteroatoms. The van der Waals surface area contributed by atoms with Crippen molar-refractivity contribution in [3.63, 3.8) is 0 Å². The van der Waals surface area contributed by atoms with Gasteiger partial charge in [-0.2, -0.15) is 8.42 Å². The molecule has 0 radical (unpaired) electrons. The van der Waals surface area contributed by atoms with Gasteiger partial charge in [0.1, 0.15) is 35.2 Å². The summed E-state index contributed by atoms with van der Waals surface area (Å²) < 4.78 is 51.5. The summed E-state index contributed by atoms with van der Waals surface area (Å²) in [4.78, 5) is 24.3. The lowest BCUT2D eigenvalue weighted by Gasteiger charge is -2.39. The molecule has 0 unspecified atom stereocenters. The van der Waals surface area contributed by atoms with Crippen molar-refractivity contribution in [1.82, 2.24) is 0 Å². The Hall–Kier alpha value is -4.13. The summed E-state index contributed by atoms with van der Waals surface area (Å²) in [5, 5.41) is 69.3. The molecule has 0 saturated carbocycles. The molecule has 5 atom stereocenters. The number of phenolic OH excluding ortho intramolecular Hbond substituents is 4. The monoisotopic (exact) mass is 558 g/mol. The molecule has 1 aliphatic heterocycles. The number of rotatable bonds is 6. The number of fused-ring (bicyclic) bond motifs is 1. The highest BCUT2D eigenvalue weighted by Crippen LogP contribution is 2.42. The van der Waals surface area contributed by atoms with Crippen molar-refractivity contribution in [1.29, 1.82) is 0 Å². The van der Waals surface area contributed by atoms with Crippen molar-refractivity contribution in [2.75, 3.05) is 0 Å². The molecule has 16 nitrogen and oxygen atoms in total. The largest absolute Gasteiger partial charge is 0.507 e. The van der Waals surface area contributed by atoms with Crippen LogP contribution in [0.3, 0.4) is 0 Å². The Labute approximate surface area is 210 Å². The summed E-state index contributed by atoms with van der Waals surface area (Å²) in [6.07, 6.45) is -11.5. The average Bonchev–Trinajstić information content (AvgIpc) is 2.81. The number of phenols is 4. The fourth-order valence-electron chi connectivity index (χ4n) is 3.72. The van der Waals surface area contributed by atoms with E-state index >= 15 is 0 Å². The van der Waals surface area contributed by atoms with Gasteiger partial charge in [-0.1, -0.05) is 0 Å². The first-order chi connectivity index (χ1) is 17.7. The van der Waals surface area contributed by atoms with E-state index in [1.807, 2.05) is 0 Å². The van der Waals surface area contributed by atoms with Crippen molar-refractivity contribution in [2.45, 2.75) is 30.7 Å². The van der Waals surface area contributed by atoms with Crippen LogP contribution in [0.1, 0.15) is 0 Å². The standard InChI is InChI=1S/C21H18O16S/c22-7-2-1-6(3-8(7)23)12-5-10(25)13-9(24)4-11(26)16(17(13)34-12)35-21-15(28)18(37-38(31,32)33)14(27)19(36-21)20(29)30/h1-5,14-15,18-19,21-24,26-28H,(H,29,30)(H,31,32,33)/t14-,15+,18-,19-,21+/m0/s1. The second-order valence-corrected chi connectivity index (χ2v) is 9.03. The number of aromatic hydroxyl groups is 4. The summed E-state index contributed by atoms with van der Waals surface area (Å²) in [5.74, 6) is -5.72. The van der Waals surface area contributed by atoms with Gasteiger partial charge in [0.05, 0.1) is 0 Å². The highest BCUT2D eigenvalue weighted by Gasteiger charge is 2.51. The minimum Gasteiger partial charge on any atom is -0.507 e. The lowest BCUT2D eigenvalue weighted by Crippen LogP contribution is -2.62. The predicted molar refractivity (Wildman–Crippen MR) is 120 cm³/mol. The maximum absolute atomic E-state index is 12.8. The van der Waals surface area contributed by atoms with E-state index in [2.05, 4.69) is 4.18 Å². The molecule has 0 aliphatic carbocycles. The Bertz CT molecular complexity index is 1580. The second-order valence-electron chi connectivity index (χ2n) is 7.98. The Morgan fingerprint density at radius 1 is 0.921 bits per heavy atom. The predicted octanol–water partition coefficient (Wildman–Crippen LogP) is -0.620. The second kappa shape index (κ2) is 9.63. The van der Waals surface area contributed by atoms with Gasteiger partial charge in [0.25, 0.3) is 0 Å². The molecule has 1 aromatic heterocycles. The lowest BCUT2D eigenvalue weighted by molar-refractivity contribution is -0.266. The zero-order chi connectivity index (χ0) is 28.1. The molecule has 2 heterocycles. The number of hydrogen-bond acceptors (Lipinski definition) is 14. The number of carbonyl (C=O) groups is 1. The molecule has 38 heavy (non-hydrogen) atoms. The van der Waals surface area contributed by atoms with Crippen LogP contribution in [-0.2, 0) is 24.1 Å². The lowest BCUT2D eigenvalue weighted by atomic mass is 9.99. The summed E-state index contributed by atoms with van der Waals surface area (Å²) in [6, 6.07) is 4.88. The maximum atomic E-state index is 12.8. The number of aliphatic hydroxyl groups is 2. The van der Waals surface area contributed by atoms with Crippen molar-refractivity contribution in [3.05, 3.63) is 40.6 Å². The molecule has 204 valence electrons. The number of aliphatic carboxylic acids is 1. The molecule has 1 saturated heterocycles. The third-order valence-electron chi connectivity index (χ3n) is 5.43. The molecular formula is C21H18O16S. The van der Waals surface area contributed by atoms with Gasteiger partial charge in [-0.05, 0) is 18.2 Å². The number of hydrogen-bond donors (Lipinski definition) is 8. The number of carboxylic acids is 1. The van der Waals surface area contributed by atoms with E-state index in [9.17, 15) is 53.8 Å². The quantitative estimate of drug-likeness (QED) is 0.138. The molecule has 2 aromatic carbocycles. The van der Waals surface area contributed by atoms with Crippen molar-refractivity contribution < 1.29 is 71.6 Å². The number of carboxylic acid groups (broad SMARTS) is 1. The Balaban J connectivity index is 1.85. The number of benzene rings is 2. The van der Waals surface area contributed by atoms with Gasteiger partial charge < -0.3 is 49.6 Å². The third kappa shape index (κ3) is 5.01. The van der Waals surface area contributed by atoms with Crippen LogP contribution < -0.4 is 10.2 Å². The van der Waals surface area contributed by atoms with E-state index in [1.54, 1.807) is 0 Å². The van der Waals surface area contributed by atoms with E-state index in [-0.39, 0.29) is 11.3 Å². The fraction of sp³-hybridized carbons (Fsp3) is 0.238. The first kappa shape index (κ1) is 26.9. The van der Waals surface area contributed by atoms with Crippen LogP contribution in [0.4, 0.5) is 0 Å².